The van der Waals surface area contributed by atoms with Gasteiger partial charge in [-0.05, 0) is 17.2 Å². The molecule has 1 aromatic heterocycles. The molecule has 0 amide bonds. The molecule has 19 heavy (non-hydrogen) atoms. The van der Waals surface area contributed by atoms with E-state index in [1.165, 1.54) is 11.1 Å². The highest BCUT2D eigenvalue weighted by Crippen LogP contribution is 2.28. The summed E-state index contributed by atoms with van der Waals surface area (Å²) in [5.41, 5.74) is 2.40. The van der Waals surface area contributed by atoms with Crippen LogP contribution in [0.1, 0.15) is 17.2 Å². The zero-order chi connectivity index (χ0) is 13.1. The van der Waals surface area contributed by atoms with Gasteiger partial charge in [0, 0.05) is 12.4 Å². The third kappa shape index (κ3) is 2.38. The molecule has 2 heteroatoms. The predicted octanol–water partition coefficient (Wildman–Crippen LogP) is 3.83. The van der Waals surface area contributed by atoms with Gasteiger partial charge in [-0.3, -0.25) is 0 Å². The van der Waals surface area contributed by atoms with E-state index < -0.39 is 0 Å². The van der Waals surface area contributed by atoms with Gasteiger partial charge in [0.25, 0.3) is 0 Å². The molecule has 0 radical (unpaired) electrons. The van der Waals surface area contributed by atoms with Gasteiger partial charge in [0.1, 0.15) is 5.75 Å². The number of aromatic nitrogens is 1. The van der Waals surface area contributed by atoms with E-state index in [9.17, 15) is 5.11 Å². The lowest BCUT2D eigenvalue weighted by Crippen LogP contribution is -2.10. The zero-order valence-corrected chi connectivity index (χ0v) is 10.5. The summed E-state index contributed by atoms with van der Waals surface area (Å²) in [6.45, 7) is 0. The van der Waals surface area contributed by atoms with Crippen LogP contribution in [-0.4, -0.2) is 9.67 Å². The Morgan fingerprint density at radius 3 is 1.68 bits per heavy atom. The third-order valence-corrected chi connectivity index (χ3v) is 3.23. The summed E-state index contributed by atoms with van der Waals surface area (Å²) in [7, 11) is 0. The molecule has 1 N–H and O–H groups in total. The normalized spacial score (nSPS) is 10.8. The van der Waals surface area contributed by atoms with Crippen LogP contribution >= 0.6 is 0 Å². The van der Waals surface area contributed by atoms with Crippen LogP contribution in [0.15, 0.2) is 79.1 Å². The van der Waals surface area contributed by atoms with Gasteiger partial charge in [-0.2, -0.15) is 0 Å². The van der Waals surface area contributed by atoms with E-state index >= 15 is 0 Å². The fourth-order valence-electron chi connectivity index (χ4n) is 2.37. The van der Waals surface area contributed by atoms with Gasteiger partial charge >= 0.3 is 0 Å². The Bertz CT molecular complexity index is 604. The maximum atomic E-state index is 9.57. The van der Waals surface area contributed by atoms with Crippen LogP contribution in [0.4, 0.5) is 0 Å². The first-order valence-electron chi connectivity index (χ1n) is 6.31. The Labute approximate surface area is 112 Å². The molecule has 0 aliphatic heterocycles. The molecule has 2 nitrogen and oxygen atoms in total. The Hall–Kier alpha value is -2.48. The monoisotopic (exact) mass is 249 g/mol. The highest BCUT2D eigenvalue weighted by molar-refractivity contribution is 5.34. The average molecular weight is 249 g/mol. The van der Waals surface area contributed by atoms with E-state index in [0.29, 0.717) is 0 Å². The predicted molar refractivity (Wildman–Crippen MR) is 76.2 cm³/mol. The maximum absolute atomic E-state index is 9.57. The fourth-order valence-corrected chi connectivity index (χ4v) is 2.37. The van der Waals surface area contributed by atoms with E-state index in [4.69, 9.17) is 0 Å². The van der Waals surface area contributed by atoms with E-state index in [1.807, 2.05) is 47.2 Å². The largest absolute Gasteiger partial charge is 0.506 e. The number of rotatable bonds is 3. The maximum Gasteiger partial charge on any atom is 0.133 e. The van der Waals surface area contributed by atoms with Gasteiger partial charge < -0.3 is 9.67 Å². The van der Waals surface area contributed by atoms with Gasteiger partial charge in [0.2, 0.25) is 0 Å². The minimum atomic E-state index is 0.0864. The van der Waals surface area contributed by atoms with Crippen LogP contribution in [0.25, 0.3) is 0 Å². The highest BCUT2D eigenvalue weighted by Gasteiger charge is 2.15. The standard InChI is InChI=1S/C17H15NO/c19-16-11-12-18(13-16)17(14-7-3-1-4-8-14)15-9-5-2-6-10-15/h1-13,17,19H. The van der Waals surface area contributed by atoms with Gasteiger partial charge in [0.15, 0.2) is 0 Å². The summed E-state index contributed by atoms with van der Waals surface area (Å²) in [4.78, 5) is 0. The van der Waals surface area contributed by atoms with E-state index in [-0.39, 0.29) is 11.8 Å². The molecule has 1 heterocycles. The van der Waals surface area contributed by atoms with Crippen molar-refractivity contribution in [3.05, 3.63) is 90.3 Å². The van der Waals surface area contributed by atoms with Crippen molar-refractivity contribution in [1.82, 2.24) is 4.57 Å². The lowest BCUT2D eigenvalue weighted by atomic mass is 9.99. The molecule has 0 spiro atoms. The topological polar surface area (TPSA) is 25.2 Å². The Morgan fingerprint density at radius 2 is 1.26 bits per heavy atom. The Morgan fingerprint density at radius 1 is 0.737 bits per heavy atom. The van der Waals surface area contributed by atoms with Crippen LogP contribution in [0.5, 0.6) is 5.75 Å². The lowest BCUT2D eigenvalue weighted by Gasteiger charge is -2.20. The third-order valence-electron chi connectivity index (χ3n) is 3.23. The quantitative estimate of drug-likeness (QED) is 0.749. The second kappa shape index (κ2) is 5.02. The van der Waals surface area contributed by atoms with E-state index in [1.54, 1.807) is 12.3 Å². The SMILES string of the molecule is Oc1ccn(C(c2ccccc2)c2ccccc2)c1. The van der Waals surface area contributed by atoms with Crippen molar-refractivity contribution in [3.63, 3.8) is 0 Å². The molecule has 0 aliphatic carbocycles. The summed E-state index contributed by atoms with van der Waals surface area (Å²) in [6, 6.07) is 22.4. The highest BCUT2D eigenvalue weighted by atomic mass is 16.3. The number of aromatic hydroxyl groups is 1. The molecule has 3 aromatic rings. The average Bonchev–Trinajstić information content (AvgIpc) is 2.88. The zero-order valence-electron chi connectivity index (χ0n) is 10.5. The number of benzene rings is 2. The van der Waals surface area contributed by atoms with Gasteiger partial charge in [-0.15, -0.1) is 0 Å². The molecular weight excluding hydrogens is 234 g/mol. The molecule has 0 saturated heterocycles. The van der Waals surface area contributed by atoms with Crippen LogP contribution in [-0.2, 0) is 0 Å². The summed E-state index contributed by atoms with van der Waals surface area (Å²) < 4.78 is 2.03. The van der Waals surface area contributed by atoms with Gasteiger partial charge in [-0.25, -0.2) is 0 Å². The Balaban J connectivity index is 2.11. The van der Waals surface area contributed by atoms with Crippen molar-refractivity contribution in [2.75, 3.05) is 0 Å². The van der Waals surface area contributed by atoms with Crippen LogP contribution < -0.4 is 0 Å². The molecule has 0 atom stereocenters. The second-order valence-electron chi connectivity index (χ2n) is 4.54. The molecule has 2 aromatic carbocycles. The van der Waals surface area contributed by atoms with Crippen LogP contribution in [0.3, 0.4) is 0 Å². The lowest BCUT2D eigenvalue weighted by molar-refractivity contribution is 0.473. The minimum absolute atomic E-state index is 0.0864. The van der Waals surface area contributed by atoms with Crippen molar-refractivity contribution in [1.29, 1.82) is 0 Å². The smallest absolute Gasteiger partial charge is 0.133 e. The molecular formula is C17H15NO. The summed E-state index contributed by atoms with van der Waals surface area (Å²) in [5, 5.41) is 9.57. The minimum Gasteiger partial charge on any atom is -0.506 e. The molecule has 0 aliphatic rings. The Kier molecular flexibility index (Phi) is 3.07. The molecule has 0 saturated carbocycles. The molecule has 0 fully saturated rings. The van der Waals surface area contributed by atoms with Crippen molar-refractivity contribution in [3.8, 4) is 5.75 Å². The second-order valence-corrected chi connectivity index (χ2v) is 4.54. The molecule has 94 valence electrons. The van der Waals surface area contributed by atoms with Crippen molar-refractivity contribution in [2.45, 2.75) is 6.04 Å². The number of hydrogen-bond donors (Lipinski definition) is 1. The van der Waals surface area contributed by atoms with E-state index in [0.717, 1.165) is 0 Å². The van der Waals surface area contributed by atoms with Gasteiger partial charge in [0.05, 0.1) is 6.04 Å². The van der Waals surface area contributed by atoms with Gasteiger partial charge in [-0.1, -0.05) is 60.7 Å². The van der Waals surface area contributed by atoms with Crippen molar-refractivity contribution >= 4 is 0 Å². The first-order chi connectivity index (χ1) is 9.34. The fraction of sp³-hybridized carbons (Fsp3) is 0.0588. The van der Waals surface area contributed by atoms with Crippen molar-refractivity contribution in [2.24, 2.45) is 0 Å². The van der Waals surface area contributed by atoms with Crippen LogP contribution in [0, 0.1) is 0 Å². The first kappa shape index (κ1) is 11.6. The molecule has 0 bridgehead atoms. The number of nitrogens with zero attached hydrogens (tertiary/aromatic N) is 1. The van der Waals surface area contributed by atoms with Crippen LogP contribution in [0.2, 0.25) is 0 Å². The summed E-state index contributed by atoms with van der Waals surface area (Å²) in [6.07, 6.45) is 3.66. The molecule has 0 unspecified atom stereocenters. The van der Waals surface area contributed by atoms with E-state index in [2.05, 4.69) is 24.3 Å². The summed E-state index contributed by atoms with van der Waals surface area (Å²) >= 11 is 0. The van der Waals surface area contributed by atoms with Crippen molar-refractivity contribution < 1.29 is 5.11 Å². The summed E-state index contributed by atoms with van der Waals surface area (Å²) in [5.74, 6) is 0.289. The number of hydrogen-bond acceptors (Lipinski definition) is 1. The first-order valence-corrected chi connectivity index (χ1v) is 6.31. The molecule has 3 rings (SSSR count).